The highest BCUT2D eigenvalue weighted by molar-refractivity contribution is 5.92. The number of benzene rings is 1. The summed E-state index contributed by atoms with van der Waals surface area (Å²) >= 11 is 0. The van der Waals surface area contributed by atoms with Gasteiger partial charge < -0.3 is 0 Å². The lowest BCUT2D eigenvalue weighted by atomic mass is 10.1. The van der Waals surface area contributed by atoms with Gasteiger partial charge in [-0.25, -0.2) is 0 Å². The molecule has 0 aliphatic heterocycles. The summed E-state index contributed by atoms with van der Waals surface area (Å²) in [6.45, 7) is 9.09. The van der Waals surface area contributed by atoms with E-state index in [4.69, 9.17) is 0 Å². The summed E-state index contributed by atoms with van der Waals surface area (Å²) in [4.78, 5) is 36.6. The predicted octanol–water partition coefficient (Wildman–Crippen LogP) is 3.04. The van der Waals surface area contributed by atoms with Crippen LogP contribution >= 0.6 is 0 Å². The van der Waals surface area contributed by atoms with Crippen molar-refractivity contribution in [2.45, 2.75) is 34.6 Å². The van der Waals surface area contributed by atoms with E-state index in [-0.39, 0.29) is 35.5 Å². The van der Waals surface area contributed by atoms with E-state index in [1.165, 1.54) is 0 Å². The largest absolute Gasteiger partial charge is 0.294 e. The molecule has 2 rings (SSSR count). The van der Waals surface area contributed by atoms with Gasteiger partial charge >= 0.3 is 0 Å². The number of amides is 2. The minimum absolute atomic E-state index is 0.114. The van der Waals surface area contributed by atoms with Gasteiger partial charge in [0.05, 0.1) is 0 Å². The van der Waals surface area contributed by atoms with E-state index in [0.29, 0.717) is 5.82 Å². The van der Waals surface area contributed by atoms with Crippen LogP contribution in [-0.4, -0.2) is 26.8 Å². The number of carbonyl (C=O) groups excluding carboxylic acids is 2. The summed E-state index contributed by atoms with van der Waals surface area (Å²) in [6.07, 6.45) is 0. The Bertz CT molecular complexity index is 729. The minimum Gasteiger partial charge on any atom is -0.294 e. The Hall–Kier alpha value is -2.83. The van der Waals surface area contributed by atoms with Crippen molar-refractivity contribution in [3.63, 3.8) is 0 Å². The molecular formula is C18H23N5O2. The second-order valence-corrected chi connectivity index (χ2v) is 6.46. The third kappa shape index (κ3) is 5.07. The SMILES string of the molecule is Cc1ccc(-c2nc(NC(=O)C(C)C)nc(NC(=O)C(C)C)n2)cc1. The van der Waals surface area contributed by atoms with Crippen molar-refractivity contribution < 1.29 is 9.59 Å². The summed E-state index contributed by atoms with van der Waals surface area (Å²) in [6, 6.07) is 7.65. The maximum Gasteiger partial charge on any atom is 0.234 e. The highest BCUT2D eigenvalue weighted by atomic mass is 16.2. The van der Waals surface area contributed by atoms with E-state index in [0.717, 1.165) is 11.1 Å². The standard InChI is InChI=1S/C18H23N5O2/c1-10(2)15(24)21-17-19-14(13-8-6-12(5)7-9-13)20-18(23-17)22-16(25)11(3)4/h6-11H,1-5H3,(H2,19,20,21,22,23,24,25). The van der Waals surface area contributed by atoms with Crippen LogP contribution < -0.4 is 10.6 Å². The third-order valence-corrected chi connectivity index (χ3v) is 3.46. The molecule has 0 bridgehead atoms. The molecule has 0 saturated heterocycles. The molecule has 1 aromatic heterocycles. The van der Waals surface area contributed by atoms with Crippen LogP contribution in [0.1, 0.15) is 33.3 Å². The Morgan fingerprint density at radius 1 is 0.800 bits per heavy atom. The highest BCUT2D eigenvalue weighted by Gasteiger charge is 2.15. The summed E-state index contributed by atoms with van der Waals surface area (Å²) in [5, 5.41) is 5.31. The normalized spacial score (nSPS) is 10.8. The number of aromatic nitrogens is 3. The zero-order valence-corrected chi connectivity index (χ0v) is 15.1. The van der Waals surface area contributed by atoms with E-state index < -0.39 is 0 Å². The Morgan fingerprint density at radius 3 is 1.64 bits per heavy atom. The van der Waals surface area contributed by atoms with Crippen LogP contribution in [0.25, 0.3) is 11.4 Å². The van der Waals surface area contributed by atoms with E-state index in [9.17, 15) is 9.59 Å². The quantitative estimate of drug-likeness (QED) is 0.871. The molecule has 25 heavy (non-hydrogen) atoms. The van der Waals surface area contributed by atoms with Gasteiger partial charge in [0, 0.05) is 17.4 Å². The number of carbonyl (C=O) groups is 2. The van der Waals surface area contributed by atoms with Gasteiger partial charge in [-0.05, 0) is 6.92 Å². The predicted molar refractivity (Wildman–Crippen MR) is 96.9 cm³/mol. The molecule has 0 spiro atoms. The monoisotopic (exact) mass is 341 g/mol. The first-order chi connectivity index (χ1) is 11.8. The molecule has 0 atom stereocenters. The van der Waals surface area contributed by atoms with Crippen molar-refractivity contribution in [3.8, 4) is 11.4 Å². The molecule has 7 heteroatoms. The highest BCUT2D eigenvalue weighted by Crippen LogP contribution is 2.19. The van der Waals surface area contributed by atoms with Gasteiger partial charge in [-0.15, -0.1) is 0 Å². The first-order valence-electron chi connectivity index (χ1n) is 8.21. The van der Waals surface area contributed by atoms with Crippen molar-refractivity contribution in [3.05, 3.63) is 29.8 Å². The molecule has 0 unspecified atom stereocenters. The van der Waals surface area contributed by atoms with Crippen LogP contribution in [0.5, 0.6) is 0 Å². The zero-order valence-electron chi connectivity index (χ0n) is 15.1. The number of nitrogens with zero attached hydrogens (tertiary/aromatic N) is 3. The molecule has 0 aliphatic rings. The molecule has 0 saturated carbocycles. The van der Waals surface area contributed by atoms with Crippen LogP contribution in [-0.2, 0) is 9.59 Å². The lowest BCUT2D eigenvalue weighted by molar-refractivity contribution is -0.119. The molecule has 2 amide bonds. The molecule has 1 aromatic carbocycles. The summed E-state index contributed by atoms with van der Waals surface area (Å²) in [5.41, 5.74) is 1.88. The number of hydrogen-bond donors (Lipinski definition) is 2. The molecule has 132 valence electrons. The van der Waals surface area contributed by atoms with Crippen molar-refractivity contribution in [1.82, 2.24) is 15.0 Å². The molecule has 2 aromatic rings. The summed E-state index contributed by atoms with van der Waals surface area (Å²) < 4.78 is 0. The van der Waals surface area contributed by atoms with Crippen LogP contribution in [0.15, 0.2) is 24.3 Å². The van der Waals surface area contributed by atoms with Crippen LogP contribution in [0, 0.1) is 18.8 Å². The molecule has 2 N–H and O–H groups in total. The lowest BCUT2D eigenvalue weighted by Gasteiger charge is -2.11. The van der Waals surface area contributed by atoms with Crippen molar-refractivity contribution in [2.24, 2.45) is 11.8 Å². The fourth-order valence-corrected chi connectivity index (χ4v) is 1.83. The Morgan fingerprint density at radius 2 is 1.24 bits per heavy atom. The number of aryl methyl sites for hydroxylation is 1. The fourth-order valence-electron chi connectivity index (χ4n) is 1.83. The first-order valence-corrected chi connectivity index (χ1v) is 8.21. The van der Waals surface area contributed by atoms with Gasteiger partial charge in [-0.1, -0.05) is 57.5 Å². The van der Waals surface area contributed by atoms with Crippen LogP contribution in [0.3, 0.4) is 0 Å². The number of nitrogens with one attached hydrogen (secondary N) is 2. The Balaban J connectivity index is 2.41. The molecule has 0 radical (unpaired) electrons. The summed E-state index contributed by atoms with van der Waals surface area (Å²) in [5.74, 6) is -0.231. The minimum atomic E-state index is -0.215. The van der Waals surface area contributed by atoms with E-state index in [2.05, 4.69) is 25.6 Å². The first kappa shape index (κ1) is 18.5. The average molecular weight is 341 g/mol. The molecule has 0 aliphatic carbocycles. The lowest BCUT2D eigenvalue weighted by Crippen LogP contribution is -2.23. The van der Waals surface area contributed by atoms with Gasteiger partial charge in [0.15, 0.2) is 5.82 Å². The fraction of sp³-hybridized carbons (Fsp3) is 0.389. The van der Waals surface area contributed by atoms with E-state index in [1.807, 2.05) is 31.2 Å². The zero-order chi connectivity index (χ0) is 18.6. The number of rotatable bonds is 5. The average Bonchev–Trinajstić information content (AvgIpc) is 2.55. The molecule has 7 nitrogen and oxygen atoms in total. The summed E-state index contributed by atoms with van der Waals surface area (Å²) in [7, 11) is 0. The van der Waals surface area contributed by atoms with Gasteiger partial charge in [0.25, 0.3) is 0 Å². The van der Waals surface area contributed by atoms with Crippen LogP contribution in [0.2, 0.25) is 0 Å². The van der Waals surface area contributed by atoms with Gasteiger partial charge in [0.1, 0.15) is 0 Å². The molecular weight excluding hydrogens is 318 g/mol. The maximum absolute atomic E-state index is 11.9. The smallest absolute Gasteiger partial charge is 0.234 e. The van der Waals surface area contributed by atoms with Crippen LogP contribution in [0.4, 0.5) is 11.9 Å². The molecule has 0 fully saturated rings. The second kappa shape index (κ2) is 7.83. The van der Waals surface area contributed by atoms with Crippen molar-refractivity contribution in [2.75, 3.05) is 10.6 Å². The van der Waals surface area contributed by atoms with E-state index in [1.54, 1.807) is 27.7 Å². The second-order valence-electron chi connectivity index (χ2n) is 6.46. The molecule has 1 heterocycles. The third-order valence-electron chi connectivity index (χ3n) is 3.46. The van der Waals surface area contributed by atoms with Gasteiger partial charge in [-0.3, -0.25) is 20.2 Å². The van der Waals surface area contributed by atoms with Gasteiger partial charge in [0.2, 0.25) is 23.7 Å². The van der Waals surface area contributed by atoms with Crippen molar-refractivity contribution >= 4 is 23.7 Å². The maximum atomic E-state index is 11.9. The number of anilines is 2. The van der Waals surface area contributed by atoms with Gasteiger partial charge in [-0.2, -0.15) is 15.0 Å². The Kier molecular flexibility index (Phi) is 5.80. The van der Waals surface area contributed by atoms with E-state index >= 15 is 0 Å². The van der Waals surface area contributed by atoms with Crippen molar-refractivity contribution in [1.29, 1.82) is 0 Å². The number of hydrogen-bond acceptors (Lipinski definition) is 5. The topological polar surface area (TPSA) is 96.9 Å². The Labute approximate surface area is 147 Å².